The summed E-state index contributed by atoms with van der Waals surface area (Å²) in [6, 6.07) is 9.43. The minimum Gasteiger partial charge on any atom is -0.493 e. The van der Waals surface area contributed by atoms with Crippen LogP contribution in [0.15, 0.2) is 45.9 Å². The van der Waals surface area contributed by atoms with Crippen LogP contribution in [0.1, 0.15) is 6.42 Å². The molecule has 3 rings (SSSR count). The van der Waals surface area contributed by atoms with Crippen molar-refractivity contribution in [2.75, 3.05) is 26.1 Å². The maximum atomic E-state index is 12.5. The highest BCUT2D eigenvalue weighted by Crippen LogP contribution is 2.29. The maximum absolute atomic E-state index is 12.5. The molecule has 1 heterocycles. The average Bonchev–Trinajstić information content (AvgIpc) is 3.16. The number of ether oxygens (including phenoxy) is 2. The zero-order chi connectivity index (χ0) is 20.1. The molecule has 0 aliphatic rings. The van der Waals surface area contributed by atoms with Gasteiger partial charge in [-0.05, 0) is 34.6 Å². The van der Waals surface area contributed by atoms with Gasteiger partial charge in [-0.3, -0.25) is 4.79 Å². The normalized spacial score (nSPS) is 11.4. The number of nitrogens with one attached hydrogen (secondary N) is 2. The van der Waals surface area contributed by atoms with Gasteiger partial charge in [0.2, 0.25) is 15.9 Å². The number of hydrogen-bond donors (Lipinski definition) is 2. The van der Waals surface area contributed by atoms with E-state index in [0.717, 1.165) is 0 Å². The number of benzene rings is 2. The molecule has 0 fully saturated rings. The Bertz CT molecular complexity index is 1100. The van der Waals surface area contributed by atoms with Gasteiger partial charge in [0.05, 0.1) is 14.2 Å². The summed E-state index contributed by atoms with van der Waals surface area (Å²) in [5, 5.41) is 9.89. The molecule has 0 aliphatic carbocycles. The van der Waals surface area contributed by atoms with Crippen molar-refractivity contribution in [3.05, 3.63) is 36.4 Å². The molecule has 10 nitrogen and oxygen atoms in total. The van der Waals surface area contributed by atoms with Gasteiger partial charge in [0.1, 0.15) is 10.4 Å². The SMILES string of the molecule is COc1ccc(NC(=O)CCNS(=O)(=O)c2cccc3nonc23)cc1OC. The molecule has 0 bridgehead atoms. The molecule has 1 aromatic heterocycles. The molecule has 0 spiro atoms. The molecule has 0 saturated heterocycles. The van der Waals surface area contributed by atoms with Crippen molar-refractivity contribution in [3.63, 3.8) is 0 Å². The van der Waals surface area contributed by atoms with Crippen LogP contribution >= 0.6 is 0 Å². The van der Waals surface area contributed by atoms with Crippen LogP contribution in [0.5, 0.6) is 11.5 Å². The molecule has 2 aromatic carbocycles. The molecule has 0 atom stereocenters. The van der Waals surface area contributed by atoms with Gasteiger partial charge in [-0.15, -0.1) is 0 Å². The molecule has 2 N–H and O–H groups in total. The minimum absolute atomic E-state index is 0.0634. The van der Waals surface area contributed by atoms with Crippen molar-refractivity contribution in [2.24, 2.45) is 0 Å². The van der Waals surface area contributed by atoms with E-state index in [-0.39, 0.29) is 29.3 Å². The predicted octanol–water partition coefficient (Wildman–Crippen LogP) is 1.55. The second-order valence-electron chi connectivity index (χ2n) is 5.65. The van der Waals surface area contributed by atoms with Crippen LogP contribution in [0.3, 0.4) is 0 Å². The van der Waals surface area contributed by atoms with Crippen LogP contribution in [-0.2, 0) is 14.8 Å². The van der Waals surface area contributed by atoms with Crippen LogP contribution in [0.4, 0.5) is 5.69 Å². The zero-order valence-corrected chi connectivity index (χ0v) is 15.9. The number of hydrogen-bond acceptors (Lipinski definition) is 8. The maximum Gasteiger partial charge on any atom is 0.242 e. The zero-order valence-electron chi connectivity index (χ0n) is 15.1. The molecule has 28 heavy (non-hydrogen) atoms. The fraction of sp³-hybridized carbons (Fsp3) is 0.235. The smallest absolute Gasteiger partial charge is 0.242 e. The minimum atomic E-state index is -3.87. The quantitative estimate of drug-likeness (QED) is 0.576. The van der Waals surface area contributed by atoms with Crippen molar-refractivity contribution < 1.29 is 27.3 Å². The molecule has 11 heteroatoms. The van der Waals surface area contributed by atoms with E-state index in [0.29, 0.717) is 22.7 Å². The Morgan fingerprint density at radius 3 is 2.64 bits per heavy atom. The van der Waals surface area contributed by atoms with E-state index in [1.165, 1.54) is 26.4 Å². The average molecular weight is 406 g/mol. The number of anilines is 1. The van der Waals surface area contributed by atoms with E-state index in [2.05, 4.69) is 25.0 Å². The first-order chi connectivity index (χ1) is 13.4. The van der Waals surface area contributed by atoms with E-state index in [1.54, 1.807) is 24.3 Å². The second-order valence-corrected chi connectivity index (χ2v) is 7.39. The van der Waals surface area contributed by atoms with E-state index in [1.807, 2.05) is 0 Å². The third-order valence-corrected chi connectivity index (χ3v) is 5.34. The molecular formula is C17H18N4O6S. The molecule has 0 aliphatic heterocycles. The Morgan fingerprint density at radius 1 is 1.11 bits per heavy atom. The Kier molecular flexibility index (Phi) is 5.76. The number of amides is 1. The van der Waals surface area contributed by atoms with Gasteiger partial charge in [0.25, 0.3) is 0 Å². The number of carbonyl (C=O) groups is 1. The van der Waals surface area contributed by atoms with Crippen LogP contribution in [0.2, 0.25) is 0 Å². The fourth-order valence-corrected chi connectivity index (χ4v) is 3.69. The van der Waals surface area contributed by atoms with Crippen LogP contribution < -0.4 is 19.5 Å². The third-order valence-electron chi connectivity index (χ3n) is 3.85. The monoisotopic (exact) mass is 406 g/mol. The topological polar surface area (TPSA) is 133 Å². The number of sulfonamides is 1. The lowest BCUT2D eigenvalue weighted by Crippen LogP contribution is -2.28. The molecule has 0 radical (unpaired) electrons. The summed E-state index contributed by atoms with van der Waals surface area (Å²) in [6.45, 7) is -0.0941. The summed E-state index contributed by atoms with van der Waals surface area (Å²) in [5.41, 5.74) is 0.961. The van der Waals surface area contributed by atoms with Crippen molar-refractivity contribution in [2.45, 2.75) is 11.3 Å². The highest BCUT2D eigenvalue weighted by molar-refractivity contribution is 7.89. The van der Waals surface area contributed by atoms with Crippen molar-refractivity contribution >= 4 is 32.7 Å². The lowest BCUT2D eigenvalue weighted by atomic mass is 10.2. The highest BCUT2D eigenvalue weighted by Gasteiger charge is 2.20. The van der Waals surface area contributed by atoms with Gasteiger partial charge in [-0.2, -0.15) is 0 Å². The standard InChI is InChI=1S/C17H18N4O6S/c1-25-13-7-6-11(10-14(13)26-2)19-16(22)8-9-18-28(23,24)15-5-3-4-12-17(15)21-27-20-12/h3-7,10,18H,8-9H2,1-2H3,(H,19,22). The summed E-state index contributed by atoms with van der Waals surface area (Å²) in [6.07, 6.45) is -0.0688. The van der Waals surface area contributed by atoms with Crippen molar-refractivity contribution in [1.29, 1.82) is 0 Å². The molecule has 148 valence electrons. The summed E-state index contributed by atoms with van der Waals surface area (Å²) in [4.78, 5) is 12.0. The first-order valence-corrected chi connectivity index (χ1v) is 9.66. The summed E-state index contributed by atoms with van der Waals surface area (Å²) >= 11 is 0. The molecule has 1 amide bonds. The van der Waals surface area contributed by atoms with Gasteiger partial charge in [-0.1, -0.05) is 6.07 Å². The Labute approximate surface area is 160 Å². The van der Waals surface area contributed by atoms with Crippen molar-refractivity contribution in [1.82, 2.24) is 15.0 Å². The summed E-state index contributed by atoms with van der Waals surface area (Å²) in [7, 11) is -0.873. The lowest BCUT2D eigenvalue weighted by Gasteiger charge is -2.11. The predicted molar refractivity (Wildman–Crippen MR) is 99.8 cm³/mol. The van der Waals surface area contributed by atoms with Gasteiger partial charge in [0.15, 0.2) is 17.0 Å². The van der Waals surface area contributed by atoms with Gasteiger partial charge in [-0.25, -0.2) is 17.8 Å². The molecular weight excluding hydrogens is 388 g/mol. The third kappa shape index (κ3) is 4.21. The number of carbonyl (C=O) groups excluding carboxylic acids is 1. The van der Waals surface area contributed by atoms with Crippen LogP contribution in [-0.4, -0.2) is 45.4 Å². The first kappa shape index (κ1) is 19.6. The summed E-state index contributed by atoms with van der Waals surface area (Å²) < 4.78 is 42.2. The number of nitrogens with zero attached hydrogens (tertiary/aromatic N) is 2. The van der Waals surface area contributed by atoms with E-state index in [4.69, 9.17) is 9.47 Å². The van der Waals surface area contributed by atoms with E-state index in [9.17, 15) is 13.2 Å². The lowest BCUT2D eigenvalue weighted by molar-refractivity contribution is -0.116. The number of methoxy groups -OCH3 is 2. The first-order valence-electron chi connectivity index (χ1n) is 8.17. The number of aromatic nitrogens is 2. The molecule has 0 saturated carbocycles. The van der Waals surface area contributed by atoms with E-state index >= 15 is 0 Å². The van der Waals surface area contributed by atoms with Gasteiger partial charge >= 0.3 is 0 Å². The number of rotatable bonds is 8. The largest absolute Gasteiger partial charge is 0.493 e. The Hall–Kier alpha value is -3.18. The molecule has 0 unspecified atom stereocenters. The van der Waals surface area contributed by atoms with Gasteiger partial charge in [0, 0.05) is 24.7 Å². The fourth-order valence-electron chi connectivity index (χ4n) is 2.51. The molecule has 3 aromatic rings. The number of fused-ring (bicyclic) bond motifs is 1. The highest BCUT2D eigenvalue weighted by atomic mass is 32.2. The van der Waals surface area contributed by atoms with E-state index < -0.39 is 10.0 Å². The van der Waals surface area contributed by atoms with Crippen LogP contribution in [0, 0.1) is 0 Å². The Morgan fingerprint density at radius 2 is 1.89 bits per heavy atom. The Balaban J connectivity index is 1.60. The summed E-state index contributed by atoms with van der Waals surface area (Å²) in [5.74, 6) is 0.635. The van der Waals surface area contributed by atoms with Crippen molar-refractivity contribution in [3.8, 4) is 11.5 Å². The van der Waals surface area contributed by atoms with Gasteiger partial charge < -0.3 is 14.8 Å². The second kappa shape index (κ2) is 8.23. The van der Waals surface area contributed by atoms with Crippen LogP contribution in [0.25, 0.3) is 11.0 Å².